The van der Waals surface area contributed by atoms with E-state index in [1.54, 1.807) is 24.3 Å². The summed E-state index contributed by atoms with van der Waals surface area (Å²) in [4.78, 5) is 14.8. The number of H-pyrrole nitrogens is 1. The van der Waals surface area contributed by atoms with Crippen LogP contribution in [-0.4, -0.2) is 76.8 Å². The lowest BCUT2D eigenvalue weighted by Crippen LogP contribution is -2.51. The number of hydrogen-bond donors (Lipinski definition) is 3. The Morgan fingerprint density at radius 3 is 2.45 bits per heavy atom. The Labute approximate surface area is 221 Å². The van der Waals surface area contributed by atoms with Crippen LogP contribution in [0.15, 0.2) is 53.7 Å². The van der Waals surface area contributed by atoms with Gasteiger partial charge >= 0.3 is 0 Å². The van der Waals surface area contributed by atoms with E-state index in [-0.39, 0.29) is 34.4 Å². The molecule has 1 aromatic carbocycles. The smallest absolute Gasteiger partial charge is 0.269 e. The van der Waals surface area contributed by atoms with Gasteiger partial charge in [0.25, 0.3) is 10.0 Å². The third-order valence-electron chi connectivity index (χ3n) is 7.56. The summed E-state index contributed by atoms with van der Waals surface area (Å²) in [6, 6.07) is 9.76. The topological polar surface area (TPSA) is 164 Å². The van der Waals surface area contributed by atoms with Crippen molar-refractivity contribution in [2.75, 3.05) is 25.4 Å². The largest absolute Gasteiger partial charge is 0.394 e. The lowest BCUT2D eigenvalue weighted by atomic mass is 9.83. The number of aromatic nitrogens is 4. The molecule has 5 rings (SSSR count). The number of primary sulfonamides is 1. The molecule has 0 saturated carbocycles. The predicted octanol–water partition coefficient (Wildman–Crippen LogP) is 2.00. The number of sulfonamides is 1. The number of piperidine rings is 1. The average Bonchev–Trinajstić information content (AvgIpc) is 3.52. The van der Waals surface area contributed by atoms with Gasteiger partial charge in [-0.1, -0.05) is 18.2 Å². The molecule has 0 amide bonds. The molecule has 1 fully saturated rings. The molecular formula is C25H32N6O5S2. The van der Waals surface area contributed by atoms with Crippen LogP contribution < -0.4 is 5.14 Å². The third-order valence-corrected chi connectivity index (χ3v) is 10.1. The number of nitrogens with zero attached hydrogens (tertiary/aromatic N) is 4. The monoisotopic (exact) mass is 560 g/mol. The van der Waals surface area contributed by atoms with E-state index in [0.29, 0.717) is 35.3 Å². The number of aliphatic hydroxyl groups is 1. The van der Waals surface area contributed by atoms with E-state index in [4.69, 9.17) is 10.1 Å². The Hall–Kier alpha value is -2.84. The Morgan fingerprint density at radius 1 is 1.13 bits per heavy atom. The van der Waals surface area contributed by atoms with Gasteiger partial charge in [0.1, 0.15) is 11.3 Å². The third kappa shape index (κ3) is 4.96. The number of hydrogen-bond acceptors (Lipinski definition) is 8. The van der Waals surface area contributed by atoms with Crippen LogP contribution in [0.1, 0.15) is 38.4 Å². The van der Waals surface area contributed by atoms with Crippen LogP contribution in [0.3, 0.4) is 0 Å². The maximum absolute atomic E-state index is 13.2. The number of benzene rings is 1. The average molecular weight is 561 g/mol. The van der Waals surface area contributed by atoms with Crippen LogP contribution in [0.4, 0.5) is 0 Å². The van der Waals surface area contributed by atoms with Crippen molar-refractivity contribution >= 4 is 42.1 Å². The molecule has 13 heteroatoms. The highest BCUT2D eigenvalue weighted by Gasteiger charge is 2.36. The highest BCUT2D eigenvalue weighted by molar-refractivity contribution is 7.90. The number of likely N-dealkylation sites (tertiary alicyclic amines) is 1. The van der Waals surface area contributed by atoms with Crippen molar-refractivity contribution in [2.24, 2.45) is 11.1 Å². The Balaban J connectivity index is 1.52. The van der Waals surface area contributed by atoms with Crippen LogP contribution >= 0.6 is 0 Å². The van der Waals surface area contributed by atoms with Crippen molar-refractivity contribution in [3.05, 3.63) is 54.6 Å². The maximum atomic E-state index is 13.2. The molecule has 1 saturated heterocycles. The van der Waals surface area contributed by atoms with Crippen molar-refractivity contribution in [2.45, 2.75) is 43.0 Å². The minimum Gasteiger partial charge on any atom is -0.394 e. The van der Waals surface area contributed by atoms with Crippen LogP contribution in [0.25, 0.3) is 22.1 Å². The van der Waals surface area contributed by atoms with E-state index in [2.05, 4.69) is 14.9 Å². The molecule has 4 heterocycles. The lowest BCUT2D eigenvalue weighted by molar-refractivity contribution is 0.0268. The number of imidazole rings is 1. The van der Waals surface area contributed by atoms with Crippen molar-refractivity contribution in [3.63, 3.8) is 0 Å². The van der Waals surface area contributed by atoms with E-state index in [9.17, 15) is 21.9 Å². The summed E-state index contributed by atoms with van der Waals surface area (Å²) in [6.45, 7) is 5.43. The van der Waals surface area contributed by atoms with E-state index >= 15 is 0 Å². The SMILES string of the molecule is CC(C)(CO)N1CCC(C(CS(N)(=O)=O)c2nc3c(cnc4c3ccn4S(=O)(=O)c3ccccc3)[nH]2)CC1. The fraction of sp³-hybridized carbons (Fsp3) is 0.440. The molecule has 1 unspecified atom stereocenters. The number of aromatic amines is 1. The van der Waals surface area contributed by atoms with Gasteiger partial charge in [-0.05, 0) is 63.9 Å². The normalized spacial score (nSPS) is 17.4. The molecule has 1 aliphatic heterocycles. The first-order chi connectivity index (χ1) is 17.9. The number of fused-ring (bicyclic) bond motifs is 3. The molecule has 0 spiro atoms. The van der Waals surface area contributed by atoms with Crippen molar-refractivity contribution in [1.29, 1.82) is 0 Å². The molecule has 0 radical (unpaired) electrons. The van der Waals surface area contributed by atoms with Crippen LogP contribution in [-0.2, 0) is 20.0 Å². The number of rotatable bonds is 8. The zero-order chi connectivity index (χ0) is 27.3. The summed E-state index contributed by atoms with van der Waals surface area (Å²) in [5.41, 5.74) is 0.984. The van der Waals surface area contributed by atoms with Gasteiger partial charge in [0.05, 0.1) is 29.0 Å². The molecule has 38 heavy (non-hydrogen) atoms. The molecule has 4 aromatic rings. The molecule has 3 aromatic heterocycles. The summed E-state index contributed by atoms with van der Waals surface area (Å²) < 4.78 is 52.0. The van der Waals surface area contributed by atoms with Gasteiger partial charge in [-0.2, -0.15) is 0 Å². The standard InChI is InChI=1S/C25H32N6O5S2/c1-25(2,16-32)30-11-8-17(9-12-30)20(15-37(26,33)34)23-28-21-14-27-24-19(22(21)29-23)10-13-31(24)38(35,36)18-6-4-3-5-7-18/h3-7,10,13-14,17,20,32H,8-9,11-12,15-16H2,1-2H3,(H,28,29)(H2,26,33,34). The summed E-state index contributed by atoms with van der Waals surface area (Å²) in [7, 11) is -7.67. The fourth-order valence-corrected chi connectivity index (χ4v) is 7.57. The Kier molecular flexibility index (Phi) is 6.84. The van der Waals surface area contributed by atoms with Gasteiger partial charge in [0, 0.05) is 23.0 Å². The number of nitrogens with one attached hydrogen (secondary N) is 1. The second kappa shape index (κ2) is 9.72. The molecule has 0 aliphatic carbocycles. The molecule has 4 N–H and O–H groups in total. The second-order valence-corrected chi connectivity index (χ2v) is 14.0. The minimum atomic E-state index is -3.86. The van der Waals surface area contributed by atoms with Gasteiger partial charge < -0.3 is 10.1 Å². The molecule has 1 aliphatic rings. The predicted molar refractivity (Wildman–Crippen MR) is 145 cm³/mol. The quantitative estimate of drug-likeness (QED) is 0.294. The van der Waals surface area contributed by atoms with Crippen LogP contribution in [0, 0.1) is 5.92 Å². The first-order valence-electron chi connectivity index (χ1n) is 12.4. The van der Waals surface area contributed by atoms with Crippen LogP contribution in [0.5, 0.6) is 0 Å². The molecule has 11 nitrogen and oxygen atoms in total. The number of pyridine rings is 1. The Bertz CT molecular complexity index is 1670. The lowest BCUT2D eigenvalue weighted by Gasteiger charge is -2.43. The van der Waals surface area contributed by atoms with E-state index in [1.807, 2.05) is 13.8 Å². The zero-order valence-corrected chi connectivity index (χ0v) is 22.9. The van der Waals surface area contributed by atoms with Crippen molar-refractivity contribution < 1.29 is 21.9 Å². The first-order valence-corrected chi connectivity index (χ1v) is 15.6. The van der Waals surface area contributed by atoms with Crippen molar-refractivity contribution in [1.82, 2.24) is 23.8 Å². The number of nitrogens with two attached hydrogens (primary N) is 1. The zero-order valence-electron chi connectivity index (χ0n) is 21.3. The van der Waals surface area contributed by atoms with Gasteiger partial charge in [0.15, 0.2) is 5.65 Å². The highest BCUT2D eigenvalue weighted by atomic mass is 32.2. The van der Waals surface area contributed by atoms with E-state index in [0.717, 1.165) is 16.8 Å². The van der Waals surface area contributed by atoms with E-state index in [1.165, 1.54) is 24.5 Å². The van der Waals surface area contributed by atoms with Gasteiger partial charge in [0.2, 0.25) is 10.0 Å². The van der Waals surface area contributed by atoms with Crippen molar-refractivity contribution in [3.8, 4) is 0 Å². The number of aliphatic hydroxyl groups excluding tert-OH is 1. The van der Waals surface area contributed by atoms with Gasteiger partial charge in [-0.25, -0.2) is 35.9 Å². The maximum Gasteiger partial charge on any atom is 0.269 e. The summed E-state index contributed by atoms with van der Waals surface area (Å²) in [5, 5.41) is 15.8. The molecule has 1 atom stereocenters. The fourth-order valence-electron chi connectivity index (χ4n) is 5.32. The van der Waals surface area contributed by atoms with Gasteiger partial charge in [-0.15, -0.1) is 0 Å². The molecular weight excluding hydrogens is 528 g/mol. The summed E-state index contributed by atoms with van der Waals surface area (Å²) in [6.07, 6.45) is 4.42. The molecule has 0 bridgehead atoms. The first kappa shape index (κ1) is 26.8. The molecule has 204 valence electrons. The minimum absolute atomic E-state index is 0.00568. The van der Waals surface area contributed by atoms with Crippen LogP contribution in [0.2, 0.25) is 0 Å². The summed E-state index contributed by atoms with van der Waals surface area (Å²) in [5.74, 6) is -0.240. The highest BCUT2D eigenvalue weighted by Crippen LogP contribution is 2.36. The van der Waals surface area contributed by atoms with Gasteiger partial charge in [-0.3, -0.25) is 4.90 Å². The van der Waals surface area contributed by atoms with E-state index < -0.39 is 26.0 Å². The second-order valence-electron chi connectivity index (χ2n) is 10.5. The summed E-state index contributed by atoms with van der Waals surface area (Å²) >= 11 is 0. The Morgan fingerprint density at radius 2 is 1.82 bits per heavy atom.